The van der Waals surface area contributed by atoms with Crippen molar-refractivity contribution in [1.82, 2.24) is 0 Å². The maximum absolute atomic E-state index is 12.5. The van der Waals surface area contributed by atoms with Gasteiger partial charge in [-0.2, -0.15) is 0 Å². The largest absolute Gasteiger partial charge is 0.324 e. The van der Waals surface area contributed by atoms with E-state index in [9.17, 15) is 8.42 Å². The molecular weight excluding hydrogens is 222 g/mol. The summed E-state index contributed by atoms with van der Waals surface area (Å²) in [7, 11) is -3.16. The van der Waals surface area contributed by atoms with E-state index < -0.39 is 14.6 Å². The average Bonchev–Trinajstić information content (AvgIpc) is 2.21. The molecule has 2 N–H and O–H groups in total. The Morgan fingerprint density at radius 1 is 1.25 bits per heavy atom. The molecule has 3 nitrogen and oxygen atoms in total. The maximum atomic E-state index is 12.5. The molecule has 1 atom stereocenters. The SMILES string of the molecule is NC1CC2(CCC2)S(=O)(=O)c2ccccc21. The second-order valence-electron chi connectivity index (χ2n) is 4.89. The van der Waals surface area contributed by atoms with Crippen molar-refractivity contribution in [3.8, 4) is 0 Å². The second-order valence-corrected chi connectivity index (χ2v) is 7.20. The van der Waals surface area contributed by atoms with E-state index in [0.717, 1.165) is 24.8 Å². The first kappa shape index (κ1) is 10.3. The van der Waals surface area contributed by atoms with Crippen LogP contribution in [0, 0.1) is 0 Å². The number of nitrogens with two attached hydrogens (primary N) is 1. The zero-order chi connectivity index (χ0) is 11.4. The highest BCUT2D eigenvalue weighted by atomic mass is 32.2. The minimum atomic E-state index is -3.16. The molecule has 1 heterocycles. The molecule has 16 heavy (non-hydrogen) atoms. The standard InChI is InChI=1S/C12H15NO2S/c13-10-8-12(6-3-7-12)16(14,15)11-5-2-1-4-9(10)11/h1-2,4-5,10H,3,6-8,13H2. The van der Waals surface area contributed by atoms with Gasteiger partial charge in [-0.3, -0.25) is 0 Å². The smallest absolute Gasteiger partial charge is 0.184 e. The predicted octanol–water partition coefficient (Wildman–Crippen LogP) is 1.79. The van der Waals surface area contributed by atoms with Gasteiger partial charge in [-0.15, -0.1) is 0 Å². The van der Waals surface area contributed by atoms with Gasteiger partial charge in [0, 0.05) is 6.04 Å². The van der Waals surface area contributed by atoms with Gasteiger partial charge in [0.2, 0.25) is 0 Å². The molecule has 1 unspecified atom stereocenters. The molecule has 0 bridgehead atoms. The molecular formula is C12H15NO2S. The Balaban J connectivity index is 2.25. The molecule has 0 saturated heterocycles. The third-order valence-electron chi connectivity index (χ3n) is 4.03. The fraction of sp³-hybridized carbons (Fsp3) is 0.500. The fourth-order valence-electron chi connectivity index (χ4n) is 2.93. The van der Waals surface area contributed by atoms with Gasteiger partial charge >= 0.3 is 0 Å². The second kappa shape index (κ2) is 3.08. The Morgan fingerprint density at radius 3 is 2.56 bits per heavy atom. The van der Waals surface area contributed by atoms with Crippen molar-refractivity contribution in [3.05, 3.63) is 29.8 Å². The quantitative estimate of drug-likeness (QED) is 0.748. The van der Waals surface area contributed by atoms with E-state index in [1.54, 1.807) is 12.1 Å². The van der Waals surface area contributed by atoms with E-state index in [-0.39, 0.29) is 6.04 Å². The van der Waals surface area contributed by atoms with Crippen molar-refractivity contribution in [1.29, 1.82) is 0 Å². The highest BCUT2D eigenvalue weighted by Gasteiger charge is 2.53. The van der Waals surface area contributed by atoms with Gasteiger partial charge in [0.25, 0.3) is 0 Å². The van der Waals surface area contributed by atoms with Gasteiger partial charge in [-0.25, -0.2) is 8.42 Å². The maximum Gasteiger partial charge on any atom is 0.184 e. The van der Waals surface area contributed by atoms with Crippen LogP contribution in [0.5, 0.6) is 0 Å². The first-order valence-electron chi connectivity index (χ1n) is 5.66. The summed E-state index contributed by atoms with van der Waals surface area (Å²) in [5.41, 5.74) is 6.88. The first-order valence-corrected chi connectivity index (χ1v) is 7.14. The van der Waals surface area contributed by atoms with Gasteiger partial charge in [-0.1, -0.05) is 24.6 Å². The third-order valence-corrected chi connectivity index (χ3v) is 6.70. The molecule has 86 valence electrons. The number of hydrogen-bond acceptors (Lipinski definition) is 3. The molecule has 4 heteroatoms. The number of fused-ring (bicyclic) bond motifs is 1. The lowest BCUT2D eigenvalue weighted by molar-refractivity contribution is 0.290. The molecule has 1 aromatic carbocycles. The van der Waals surface area contributed by atoms with Crippen LogP contribution in [0.3, 0.4) is 0 Å². The van der Waals surface area contributed by atoms with E-state index in [1.165, 1.54) is 0 Å². The molecule has 1 spiro atoms. The summed E-state index contributed by atoms with van der Waals surface area (Å²) in [5, 5.41) is 0. The Morgan fingerprint density at radius 2 is 1.94 bits per heavy atom. The molecule has 1 aromatic rings. The van der Waals surface area contributed by atoms with Crippen LogP contribution in [-0.2, 0) is 9.84 Å². The van der Waals surface area contributed by atoms with Crippen LogP contribution in [0.1, 0.15) is 37.3 Å². The minimum Gasteiger partial charge on any atom is -0.324 e. The summed E-state index contributed by atoms with van der Waals surface area (Å²) in [6.45, 7) is 0. The molecule has 1 fully saturated rings. The lowest BCUT2D eigenvalue weighted by Gasteiger charge is -2.46. The summed E-state index contributed by atoms with van der Waals surface area (Å²) < 4.78 is 24.5. The van der Waals surface area contributed by atoms with Gasteiger partial charge in [0.05, 0.1) is 9.64 Å². The molecule has 1 saturated carbocycles. The lowest BCUT2D eigenvalue weighted by Crippen LogP contribution is -2.50. The van der Waals surface area contributed by atoms with Crippen molar-refractivity contribution in [2.75, 3.05) is 0 Å². The molecule has 2 aliphatic rings. The molecule has 3 rings (SSSR count). The number of hydrogen-bond donors (Lipinski definition) is 1. The Hall–Kier alpha value is -0.870. The van der Waals surface area contributed by atoms with Crippen LogP contribution in [0.25, 0.3) is 0 Å². The zero-order valence-electron chi connectivity index (χ0n) is 9.02. The zero-order valence-corrected chi connectivity index (χ0v) is 9.83. The normalized spacial score (nSPS) is 29.4. The number of rotatable bonds is 0. The fourth-order valence-corrected chi connectivity index (χ4v) is 5.41. The summed E-state index contributed by atoms with van der Waals surface area (Å²) in [5.74, 6) is 0. The molecule has 0 amide bonds. The average molecular weight is 237 g/mol. The Kier molecular flexibility index (Phi) is 1.98. The topological polar surface area (TPSA) is 60.2 Å². The van der Waals surface area contributed by atoms with E-state index in [2.05, 4.69) is 0 Å². The summed E-state index contributed by atoms with van der Waals surface area (Å²) in [4.78, 5) is 0.466. The van der Waals surface area contributed by atoms with Crippen molar-refractivity contribution in [2.24, 2.45) is 5.73 Å². The van der Waals surface area contributed by atoms with Crippen molar-refractivity contribution < 1.29 is 8.42 Å². The predicted molar refractivity (Wildman–Crippen MR) is 61.8 cm³/mol. The van der Waals surface area contributed by atoms with Gasteiger partial charge < -0.3 is 5.73 Å². The molecule has 1 aliphatic heterocycles. The molecule has 1 aliphatic carbocycles. The molecule has 0 aromatic heterocycles. The Bertz CT molecular complexity index is 532. The number of benzene rings is 1. The van der Waals surface area contributed by atoms with E-state index in [0.29, 0.717) is 11.3 Å². The third kappa shape index (κ3) is 1.09. The van der Waals surface area contributed by atoms with Crippen LogP contribution < -0.4 is 5.73 Å². The van der Waals surface area contributed by atoms with Gasteiger partial charge in [-0.05, 0) is 30.9 Å². The van der Waals surface area contributed by atoms with E-state index >= 15 is 0 Å². The summed E-state index contributed by atoms with van der Waals surface area (Å²) in [6, 6.07) is 7.04. The van der Waals surface area contributed by atoms with Crippen molar-refractivity contribution in [3.63, 3.8) is 0 Å². The van der Waals surface area contributed by atoms with Gasteiger partial charge in [0.1, 0.15) is 0 Å². The highest BCUT2D eigenvalue weighted by molar-refractivity contribution is 7.93. The van der Waals surface area contributed by atoms with Crippen LogP contribution in [0.15, 0.2) is 29.2 Å². The first-order chi connectivity index (χ1) is 7.57. The Labute approximate surface area is 95.6 Å². The van der Waals surface area contributed by atoms with E-state index in [4.69, 9.17) is 5.73 Å². The van der Waals surface area contributed by atoms with Gasteiger partial charge in [0.15, 0.2) is 9.84 Å². The van der Waals surface area contributed by atoms with Crippen LogP contribution in [0.2, 0.25) is 0 Å². The van der Waals surface area contributed by atoms with E-state index in [1.807, 2.05) is 12.1 Å². The van der Waals surface area contributed by atoms with Crippen LogP contribution in [0.4, 0.5) is 0 Å². The summed E-state index contributed by atoms with van der Waals surface area (Å²) >= 11 is 0. The number of sulfone groups is 1. The van der Waals surface area contributed by atoms with Crippen molar-refractivity contribution in [2.45, 2.75) is 41.4 Å². The summed E-state index contributed by atoms with van der Waals surface area (Å²) in [6.07, 6.45) is 3.15. The lowest BCUT2D eigenvalue weighted by atomic mass is 9.78. The van der Waals surface area contributed by atoms with Crippen LogP contribution >= 0.6 is 0 Å². The highest BCUT2D eigenvalue weighted by Crippen LogP contribution is 2.52. The van der Waals surface area contributed by atoms with Crippen molar-refractivity contribution >= 4 is 9.84 Å². The monoisotopic (exact) mass is 237 g/mol. The van der Waals surface area contributed by atoms with Crippen LogP contribution in [-0.4, -0.2) is 13.2 Å². The minimum absolute atomic E-state index is 0.125. The molecule has 0 radical (unpaired) electrons.